The van der Waals surface area contributed by atoms with E-state index in [1.54, 1.807) is 0 Å². The lowest BCUT2D eigenvalue weighted by Crippen LogP contribution is -2.25. The zero-order valence-electron chi connectivity index (χ0n) is 30.8. The van der Waals surface area contributed by atoms with E-state index >= 15 is 0 Å². The van der Waals surface area contributed by atoms with E-state index in [-0.39, 0.29) is 5.41 Å². The zero-order valence-corrected chi connectivity index (χ0v) is 30.8. The minimum absolute atomic E-state index is 0.368. The van der Waals surface area contributed by atoms with Crippen molar-refractivity contribution in [3.8, 4) is 55.6 Å². The van der Waals surface area contributed by atoms with E-state index in [0.29, 0.717) is 0 Å². The molecule has 9 aromatic rings. The highest BCUT2D eigenvalue weighted by Gasteiger charge is 2.52. The molecule has 0 aliphatic heterocycles. The van der Waals surface area contributed by atoms with Crippen LogP contribution in [0.4, 0.5) is 17.1 Å². The van der Waals surface area contributed by atoms with Crippen LogP contribution in [0, 0.1) is 0 Å². The molecule has 0 N–H and O–H groups in total. The summed E-state index contributed by atoms with van der Waals surface area (Å²) >= 11 is 0. The highest BCUT2D eigenvalue weighted by atomic mass is 15.1. The number of hydrogen-bond donors (Lipinski definition) is 0. The fourth-order valence-corrected chi connectivity index (χ4v) is 9.61. The Morgan fingerprint density at radius 3 is 1.30 bits per heavy atom. The molecule has 0 atom stereocenters. The fourth-order valence-electron chi connectivity index (χ4n) is 9.61. The molecule has 1 nitrogen and oxygen atoms in total. The molecule has 2 aliphatic rings. The quantitative estimate of drug-likeness (QED) is 0.166. The summed E-state index contributed by atoms with van der Waals surface area (Å²) in [5.41, 5.74) is 21.1. The molecule has 0 heterocycles. The maximum atomic E-state index is 2.38. The van der Waals surface area contributed by atoms with Crippen LogP contribution in [0.2, 0.25) is 0 Å². The summed E-state index contributed by atoms with van der Waals surface area (Å²) in [6.45, 7) is 0. The molecule has 2 aliphatic carbocycles. The van der Waals surface area contributed by atoms with Gasteiger partial charge in [0.1, 0.15) is 0 Å². The summed E-state index contributed by atoms with van der Waals surface area (Å²) in [4.78, 5) is 2.31. The normalized spacial score (nSPS) is 12.8. The molecule has 0 amide bonds. The van der Waals surface area contributed by atoms with Gasteiger partial charge >= 0.3 is 0 Å². The van der Waals surface area contributed by atoms with E-state index in [1.165, 1.54) is 77.9 Å². The number of nitrogens with zero attached hydrogens (tertiary/aromatic N) is 1. The summed E-state index contributed by atoms with van der Waals surface area (Å²) in [5.74, 6) is 0. The summed E-state index contributed by atoms with van der Waals surface area (Å²) in [5, 5.41) is 0. The average molecular weight is 712 g/mol. The number of benzene rings is 9. The van der Waals surface area contributed by atoms with E-state index in [9.17, 15) is 0 Å². The van der Waals surface area contributed by atoms with Crippen molar-refractivity contribution in [3.63, 3.8) is 0 Å². The molecule has 56 heavy (non-hydrogen) atoms. The van der Waals surface area contributed by atoms with Crippen molar-refractivity contribution >= 4 is 17.1 Å². The van der Waals surface area contributed by atoms with Gasteiger partial charge in [-0.05, 0) is 120 Å². The van der Waals surface area contributed by atoms with Crippen LogP contribution in [0.1, 0.15) is 22.3 Å². The molecule has 1 spiro atoms. The lowest BCUT2D eigenvalue weighted by Gasteiger charge is -2.30. The molecule has 0 radical (unpaired) electrons. The van der Waals surface area contributed by atoms with Gasteiger partial charge in [0, 0.05) is 17.1 Å². The lowest BCUT2D eigenvalue weighted by atomic mass is 9.70. The number of rotatable bonds is 6. The standard InChI is InChI=1S/C55H37N/c1-3-19-41(20-4-1)56(42-21-5-2-6-22-42)43-35-33-38(34-36-43)39-17-15-18-40(37-39)44-23-7-8-24-45(44)48-28-16-32-53-54(48)49-27-11-14-31-52(49)55(53)50-29-12-9-25-46(50)47-26-10-13-30-51(47)55/h1-37H. The number of fused-ring (bicyclic) bond motifs is 10. The summed E-state index contributed by atoms with van der Waals surface area (Å²) < 4.78 is 0. The Morgan fingerprint density at radius 2 is 0.679 bits per heavy atom. The zero-order chi connectivity index (χ0) is 37.1. The van der Waals surface area contributed by atoms with Gasteiger partial charge in [-0.2, -0.15) is 0 Å². The molecule has 11 rings (SSSR count). The fraction of sp³-hybridized carbons (Fsp3) is 0.0182. The Hall–Kier alpha value is -7.22. The molecule has 0 aromatic heterocycles. The first kappa shape index (κ1) is 32.2. The van der Waals surface area contributed by atoms with E-state index in [4.69, 9.17) is 0 Å². The van der Waals surface area contributed by atoms with Crippen LogP contribution in [0.3, 0.4) is 0 Å². The number of hydrogen-bond acceptors (Lipinski definition) is 1. The van der Waals surface area contributed by atoms with Gasteiger partial charge in [0.05, 0.1) is 5.41 Å². The second-order valence-corrected chi connectivity index (χ2v) is 14.8. The summed E-state index contributed by atoms with van der Waals surface area (Å²) in [7, 11) is 0. The predicted octanol–water partition coefficient (Wildman–Crippen LogP) is 14.5. The van der Waals surface area contributed by atoms with E-state index in [0.717, 1.165) is 17.1 Å². The van der Waals surface area contributed by atoms with Crippen LogP contribution in [-0.2, 0) is 5.41 Å². The second kappa shape index (κ2) is 13.0. The van der Waals surface area contributed by atoms with Crippen LogP contribution in [0.5, 0.6) is 0 Å². The third-order valence-electron chi connectivity index (χ3n) is 11.9. The lowest BCUT2D eigenvalue weighted by molar-refractivity contribution is 0.794. The van der Waals surface area contributed by atoms with Gasteiger partial charge in [-0.15, -0.1) is 0 Å². The van der Waals surface area contributed by atoms with Crippen molar-refractivity contribution in [1.29, 1.82) is 0 Å². The first-order valence-electron chi connectivity index (χ1n) is 19.4. The van der Waals surface area contributed by atoms with Crippen molar-refractivity contribution in [2.24, 2.45) is 0 Å². The monoisotopic (exact) mass is 711 g/mol. The molecule has 0 saturated heterocycles. The van der Waals surface area contributed by atoms with Crippen LogP contribution in [0.15, 0.2) is 224 Å². The Kier molecular flexibility index (Phi) is 7.47. The molecular weight excluding hydrogens is 675 g/mol. The highest BCUT2D eigenvalue weighted by molar-refractivity contribution is 6.02. The maximum absolute atomic E-state index is 2.38. The Morgan fingerprint density at radius 1 is 0.250 bits per heavy atom. The second-order valence-electron chi connectivity index (χ2n) is 14.8. The third kappa shape index (κ3) is 4.81. The van der Waals surface area contributed by atoms with Gasteiger partial charge in [0.2, 0.25) is 0 Å². The van der Waals surface area contributed by atoms with Gasteiger partial charge in [0.25, 0.3) is 0 Å². The minimum atomic E-state index is -0.368. The van der Waals surface area contributed by atoms with Gasteiger partial charge in [-0.25, -0.2) is 0 Å². The Balaban J connectivity index is 1.03. The SMILES string of the molecule is c1ccc(N(c2ccccc2)c2ccc(-c3cccc(-c4ccccc4-c4cccc5c4-c4ccccc4C54c5ccccc5-c5ccccc54)c3)cc2)cc1. The largest absolute Gasteiger partial charge is 0.311 e. The van der Waals surface area contributed by atoms with Crippen LogP contribution < -0.4 is 4.90 Å². The van der Waals surface area contributed by atoms with Crippen molar-refractivity contribution in [3.05, 3.63) is 247 Å². The first-order valence-corrected chi connectivity index (χ1v) is 19.4. The van der Waals surface area contributed by atoms with Crippen molar-refractivity contribution in [2.45, 2.75) is 5.41 Å². The van der Waals surface area contributed by atoms with E-state index in [1.807, 2.05) is 0 Å². The van der Waals surface area contributed by atoms with Gasteiger partial charge in [-0.3, -0.25) is 0 Å². The van der Waals surface area contributed by atoms with Gasteiger partial charge in [0.15, 0.2) is 0 Å². The van der Waals surface area contributed by atoms with Crippen molar-refractivity contribution in [2.75, 3.05) is 4.90 Å². The van der Waals surface area contributed by atoms with Crippen LogP contribution >= 0.6 is 0 Å². The number of anilines is 3. The van der Waals surface area contributed by atoms with E-state index < -0.39 is 0 Å². The third-order valence-corrected chi connectivity index (χ3v) is 11.9. The molecule has 0 saturated carbocycles. The van der Waals surface area contributed by atoms with E-state index in [2.05, 4.69) is 229 Å². The molecule has 9 aromatic carbocycles. The van der Waals surface area contributed by atoms with Gasteiger partial charge in [-0.1, -0.05) is 182 Å². The smallest absolute Gasteiger partial charge is 0.0725 e. The van der Waals surface area contributed by atoms with Crippen molar-refractivity contribution in [1.82, 2.24) is 0 Å². The number of para-hydroxylation sites is 2. The van der Waals surface area contributed by atoms with Crippen LogP contribution in [0.25, 0.3) is 55.6 Å². The van der Waals surface area contributed by atoms with Crippen LogP contribution in [-0.4, -0.2) is 0 Å². The van der Waals surface area contributed by atoms with Gasteiger partial charge < -0.3 is 4.90 Å². The molecule has 0 bridgehead atoms. The molecule has 262 valence electrons. The first-order chi connectivity index (χ1) is 27.8. The topological polar surface area (TPSA) is 3.24 Å². The molecule has 0 fully saturated rings. The Bertz CT molecular complexity index is 2820. The Labute approximate surface area is 328 Å². The molecule has 0 unspecified atom stereocenters. The average Bonchev–Trinajstić information content (AvgIpc) is 3.75. The minimum Gasteiger partial charge on any atom is -0.311 e. The van der Waals surface area contributed by atoms with Crippen molar-refractivity contribution < 1.29 is 0 Å². The highest BCUT2D eigenvalue weighted by Crippen LogP contribution is 2.64. The maximum Gasteiger partial charge on any atom is 0.0725 e. The summed E-state index contributed by atoms with van der Waals surface area (Å²) in [6, 6.07) is 82.2. The summed E-state index contributed by atoms with van der Waals surface area (Å²) in [6.07, 6.45) is 0. The molecule has 1 heteroatoms. The molecular formula is C55H37N. The predicted molar refractivity (Wildman–Crippen MR) is 234 cm³/mol.